The first-order valence-corrected chi connectivity index (χ1v) is 15.3. The molecule has 2 unspecified atom stereocenters. The Morgan fingerprint density at radius 1 is 0.957 bits per heavy atom. The Labute approximate surface area is 265 Å². The molecule has 20 heteroatoms. The first-order valence-electron chi connectivity index (χ1n) is 15.3. The number of ether oxygens (including phenoxy) is 4. The molecular weight excluding hydrogens is 618 g/mol. The van der Waals surface area contributed by atoms with Crippen molar-refractivity contribution < 1.29 is 64.6 Å². The van der Waals surface area contributed by atoms with Crippen LogP contribution < -0.4 is 33.6 Å². The summed E-state index contributed by atoms with van der Waals surface area (Å²) < 4.78 is 23.2. The van der Waals surface area contributed by atoms with Gasteiger partial charge in [0.25, 0.3) is 5.91 Å². The molecule has 0 bridgehead atoms. The van der Waals surface area contributed by atoms with Crippen molar-refractivity contribution >= 4 is 11.9 Å². The highest BCUT2D eigenvalue weighted by Gasteiger charge is 2.52. The van der Waals surface area contributed by atoms with Crippen LogP contribution in [0.1, 0.15) is 32.6 Å². The average Bonchev–Trinajstić information content (AvgIpc) is 3.00. The van der Waals surface area contributed by atoms with Gasteiger partial charge in [0.15, 0.2) is 18.5 Å². The summed E-state index contributed by atoms with van der Waals surface area (Å²) in [5.74, 6) is -1.64. The molecule has 20 nitrogen and oxygen atoms in total. The summed E-state index contributed by atoms with van der Waals surface area (Å²) in [5.41, 5.74) is 20.7. The Kier molecular flexibility index (Phi) is 14.3. The van der Waals surface area contributed by atoms with Gasteiger partial charge >= 0.3 is 0 Å². The molecule has 268 valence electrons. The van der Waals surface area contributed by atoms with E-state index in [9.17, 15) is 40.5 Å². The van der Waals surface area contributed by atoms with Crippen molar-refractivity contribution in [1.82, 2.24) is 10.6 Å². The van der Waals surface area contributed by atoms with Crippen LogP contribution in [0, 0.1) is 0 Å². The van der Waals surface area contributed by atoms with Crippen molar-refractivity contribution in [3.63, 3.8) is 0 Å². The van der Waals surface area contributed by atoms with Gasteiger partial charge in [-0.2, -0.15) is 0 Å². The highest BCUT2D eigenvalue weighted by atomic mass is 16.7. The van der Waals surface area contributed by atoms with E-state index >= 15 is 0 Å². The van der Waals surface area contributed by atoms with E-state index in [0.29, 0.717) is 13.0 Å². The van der Waals surface area contributed by atoms with Crippen LogP contribution in [-0.2, 0) is 23.7 Å². The van der Waals surface area contributed by atoms with Gasteiger partial charge < -0.3 is 93.4 Å². The number of carbonyl (C=O) groups is 1. The minimum Gasteiger partial charge on any atom is -0.396 e. The Hall–Kier alpha value is -1.86. The molecule has 0 radical (unpaired) electrons. The maximum Gasteiger partial charge on any atom is 0.275 e. The predicted octanol–water partition coefficient (Wildman–Crippen LogP) is -7.72. The third-order valence-electron chi connectivity index (χ3n) is 8.41. The van der Waals surface area contributed by atoms with E-state index in [4.69, 9.17) is 47.0 Å². The number of hydrogen-bond donors (Lipinski definition) is 14. The zero-order chi connectivity index (χ0) is 34.3. The zero-order valence-corrected chi connectivity index (χ0v) is 25.6. The Morgan fingerprint density at radius 3 is 2.22 bits per heavy atom. The van der Waals surface area contributed by atoms with Gasteiger partial charge in [0.2, 0.25) is 5.72 Å². The minimum absolute atomic E-state index is 0.0180. The minimum atomic E-state index is -2.41. The summed E-state index contributed by atoms with van der Waals surface area (Å²) in [6.45, 7) is 1.47. The monoisotopic (exact) mass is 669 g/mol. The van der Waals surface area contributed by atoms with Crippen molar-refractivity contribution in [1.29, 1.82) is 0 Å². The predicted molar refractivity (Wildman–Crippen MR) is 157 cm³/mol. The van der Waals surface area contributed by atoms with Gasteiger partial charge in [-0.1, -0.05) is 6.92 Å². The van der Waals surface area contributed by atoms with Crippen LogP contribution in [0.15, 0.2) is 4.99 Å². The summed E-state index contributed by atoms with van der Waals surface area (Å²) in [7, 11) is 0. The lowest BCUT2D eigenvalue weighted by molar-refractivity contribution is -0.323. The van der Waals surface area contributed by atoms with Gasteiger partial charge in [0.1, 0.15) is 42.7 Å². The van der Waals surface area contributed by atoms with Crippen LogP contribution in [0.3, 0.4) is 0 Å². The fourth-order valence-corrected chi connectivity index (χ4v) is 5.69. The second-order valence-electron chi connectivity index (χ2n) is 11.9. The lowest BCUT2D eigenvalue weighted by Crippen LogP contribution is -2.69. The average molecular weight is 670 g/mol. The SMILES string of the molecule is CCC(O)(N=C(N)N)C(=O)N[C@@H]1C[C@H](N)C(O[C@H]2O[C@H](CNCCCO)C[C@H](O)[C@H]2O)[C@H](O)[C@H]1O[C@H]1O[C@H](CO)[C@@H](O)[C@H](N)[C@H]1O. The van der Waals surface area contributed by atoms with Gasteiger partial charge in [0.05, 0.1) is 30.9 Å². The van der Waals surface area contributed by atoms with Crippen LogP contribution in [0.25, 0.3) is 0 Å². The standard InChI is InChI=1S/C26H51N7O13/c1-2-26(42,33-25(29)30)24(41)32-12-7-11(27)20(45-22-16(37)13(36)6-10(43-22)8-31-4-3-5-34)19(40)21(12)46-23-18(39)15(28)17(38)14(9-35)44-23/h10-23,31,34-40,42H,2-9,27-28H2,1H3,(H,32,41)(H4,29,30,33)/t10-,11-,12+,13-,14+,15-,16+,17+,18+,19-,20?,21-,22+,23+,26?/m0/s1. The van der Waals surface area contributed by atoms with Crippen LogP contribution >= 0.6 is 0 Å². The number of guanidine groups is 1. The summed E-state index contributed by atoms with van der Waals surface area (Å²) in [6, 6.07) is -3.61. The number of rotatable bonds is 14. The molecule has 18 N–H and O–H groups in total. The van der Waals surface area contributed by atoms with E-state index < -0.39 is 110 Å². The van der Waals surface area contributed by atoms with E-state index in [-0.39, 0.29) is 32.4 Å². The van der Waals surface area contributed by atoms with E-state index in [1.165, 1.54) is 6.92 Å². The number of carbonyl (C=O) groups excluding carboxylic acids is 1. The van der Waals surface area contributed by atoms with Crippen LogP contribution in [0.2, 0.25) is 0 Å². The van der Waals surface area contributed by atoms with Crippen molar-refractivity contribution in [3.05, 3.63) is 0 Å². The number of nitrogens with one attached hydrogen (secondary N) is 2. The number of aliphatic imine (C=N–C) groups is 1. The topological polar surface area (TPSA) is 356 Å². The molecule has 1 amide bonds. The maximum absolute atomic E-state index is 13.2. The molecule has 0 spiro atoms. The summed E-state index contributed by atoms with van der Waals surface area (Å²) in [6.07, 6.45) is -15.4. The normalized spacial score (nSPS) is 41.4. The molecule has 0 aromatic carbocycles. The summed E-state index contributed by atoms with van der Waals surface area (Å²) in [4.78, 5) is 16.8. The van der Waals surface area contributed by atoms with Crippen molar-refractivity contribution in [3.8, 4) is 0 Å². The smallest absolute Gasteiger partial charge is 0.275 e. The van der Waals surface area contributed by atoms with Gasteiger partial charge in [-0.3, -0.25) is 4.79 Å². The highest BCUT2D eigenvalue weighted by molar-refractivity contribution is 5.88. The fourth-order valence-electron chi connectivity index (χ4n) is 5.69. The number of aliphatic hydroxyl groups is 8. The largest absolute Gasteiger partial charge is 0.396 e. The molecule has 3 fully saturated rings. The van der Waals surface area contributed by atoms with Crippen molar-refractivity contribution in [2.24, 2.45) is 27.9 Å². The molecule has 1 aliphatic carbocycles. The van der Waals surface area contributed by atoms with Gasteiger partial charge in [-0.25, -0.2) is 4.99 Å². The summed E-state index contributed by atoms with van der Waals surface area (Å²) in [5, 5.41) is 88.7. The Morgan fingerprint density at radius 2 is 1.61 bits per heavy atom. The number of amides is 1. The highest BCUT2D eigenvalue weighted by Crippen LogP contribution is 2.32. The molecule has 2 heterocycles. The number of nitrogens with zero attached hydrogens (tertiary/aromatic N) is 1. The van der Waals surface area contributed by atoms with Crippen LogP contribution in [0.5, 0.6) is 0 Å². The third kappa shape index (κ3) is 9.18. The number of hydrogen-bond acceptors (Lipinski definition) is 17. The molecule has 3 rings (SSSR count). The lowest BCUT2D eigenvalue weighted by Gasteiger charge is -2.48. The molecule has 3 aliphatic rings. The molecule has 1 saturated carbocycles. The van der Waals surface area contributed by atoms with Gasteiger partial charge in [-0.05, 0) is 19.4 Å². The summed E-state index contributed by atoms with van der Waals surface area (Å²) >= 11 is 0. The maximum atomic E-state index is 13.2. The van der Waals surface area contributed by atoms with E-state index in [2.05, 4.69) is 15.6 Å². The van der Waals surface area contributed by atoms with E-state index in [1.54, 1.807) is 0 Å². The van der Waals surface area contributed by atoms with E-state index in [0.717, 1.165) is 0 Å². The Balaban J connectivity index is 1.86. The molecule has 46 heavy (non-hydrogen) atoms. The first kappa shape index (κ1) is 38.6. The lowest BCUT2D eigenvalue weighted by atomic mass is 9.83. The van der Waals surface area contributed by atoms with Crippen LogP contribution in [-0.4, -0.2) is 170 Å². The first-order chi connectivity index (χ1) is 21.7. The molecule has 2 saturated heterocycles. The molecule has 15 atom stereocenters. The number of nitrogens with two attached hydrogens (primary N) is 4. The molecule has 2 aliphatic heterocycles. The second-order valence-corrected chi connectivity index (χ2v) is 11.9. The molecular formula is C26H51N7O13. The zero-order valence-electron chi connectivity index (χ0n) is 25.6. The quantitative estimate of drug-likeness (QED) is 0.0464. The molecule has 0 aromatic rings. The third-order valence-corrected chi connectivity index (χ3v) is 8.41. The van der Waals surface area contributed by atoms with E-state index in [1.807, 2.05) is 0 Å². The van der Waals surface area contributed by atoms with Crippen LogP contribution in [0.4, 0.5) is 0 Å². The second kappa shape index (κ2) is 17.0. The van der Waals surface area contributed by atoms with Gasteiger partial charge in [0, 0.05) is 32.0 Å². The number of aliphatic hydroxyl groups excluding tert-OH is 7. The molecule has 0 aromatic heterocycles. The Bertz CT molecular complexity index is 998. The van der Waals surface area contributed by atoms with Crippen molar-refractivity contribution in [2.45, 2.75) is 124 Å². The fraction of sp³-hybridized carbons (Fsp3) is 0.923. The van der Waals surface area contributed by atoms with Crippen molar-refractivity contribution in [2.75, 3.05) is 26.3 Å². The van der Waals surface area contributed by atoms with Gasteiger partial charge in [-0.15, -0.1) is 0 Å².